The van der Waals surface area contributed by atoms with Crippen molar-refractivity contribution in [2.24, 2.45) is 0 Å². The number of morpholine rings is 1. The van der Waals surface area contributed by atoms with E-state index in [-0.39, 0.29) is 30.4 Å². The molecular weight excluding hydrogens is 450 g/mol. The fourth-order valence-corrected chi connectivity index (χ4v) is 5.06. The molecule has 2 amide bonds. The highest BCUT2D eigenvalue weighted by Crippen LogP contribution is 2.21. The molecule has 2 atom stereocenters. The Morgan fingerprint density at radius 1 is 1.09 bits per heavy atom. The molecule has 0 bridgehead atoms. The van der Waals surface area contributed by atoms with Crippen LogP contribution in [0.2, 0.25) is 0 Å². The third-order valence-corrected chi connectivity index (χ3v) is 6.51. The predicted octanol–water partition coefficient (Wildman–Crippen LogP) is 3.54. The van der Waals surface area contributed by atoms with E-state index in [1.807, 2.05) is 5.38 Å². The molecule has 11 heteroatoms. The first-order chi connectivity index (χ1) is 15.4. The van der Waals surface area contributed by atoms with Crippen LogP contribution in [-0.4, -0.2) is 52.0 Å². The van der Waals surface area contributed by atoms with Gasteiger partial charge in [0.2, 0.25) is 5.91 Å². The second-order valence-electron chi connectivity index (χ2n) is 7.81. The summed E-state index contributed by atoms with van der Waals surface area (Å²) in [5, 5.41) is 10.3. The van der Waals surface area contributed by atoms with Gasteiger partial charge in [-0.1, -0.05) is 0 Å². The van der Waals surface area contributed by atoms with E-state index in [2.05, 4.69) is 39.3 Å². The summed E-state index contributed by atoms with van der Waals surface area (Å²) < 4.78 is 10.9. The maximum absolute atomic E-state index is 12.4. The van der Waals surface area contributed by atoms with Gasteiger partial charge >= 0.3 is 0 Å². The standard InChI is InChI=1S/C21H25N5O4S2/c1-12-7-26(8-13(2)30-12)9-16-11-32-20(23-16)24-18(27)6-15-10-31-21(22-15)25-19(28)17-4-5-29-14(17)3/h4-5,10-13H,6-9H2,1-3H3,(H,22,25,28)(H,23,24,27). The van der Waals surface area contributed by atoms with Crippen LogP contribution in [0.15, 0.2) is 27.5 Å². The number of nitrogens with zero attached hydrogens (tertiary/aromatic N) is 3. The number of thiazole rings is 2. The van der Waals surface area contributed by atoms with E-state index in [0.717, 1.165) is 25.3 Å². The van der Waals surface area contributed by atoms with Crippen molar-refractivity contribution < 1.29 is 18.7 Å². The van der Waals surface area contributed by atoms with Crippen LogP contribution in [0, 0.1) is 6.92 Å². The number of carbonyl (C=O) groups is 2. The first-order valence-corrected chi connectivity index (χ1v) is 12.0. The summed E-state index contributed by atoms with van der Waals surface area (Å²) in [5.41, 5.74) is 1.97. The largest absolute Gasteiger partial charge is 0.469 e. The molecule has 0 aromatic carbocycles. The molecule has 3 aromatic rings. The van der Waals surface area contributed by atoms with Gasteiger partial charge in [-0.25, -0.2) is 9.97 Å². The van der Waals surface area contributed by atoms with E-state index in [4.69, 9.17) is 9.15 Å². The summed E-state index contributed by atoms with van der Waals surface area (Å²) in [7, 11) is 0. The monoisotopic (exact) mass is 475 g/mol. The molecule has 0 aliphatic carbocycles. The molecule has 32 heavy (non-hydrogen) atoms. The third-order valence-electron chi connectivity index (χ3n) is 4.90. The van der Waals surface area contributed by atoms with E-state index in [9.17, 15) is 9.59 Å². The summed E-state index contributed by atoms with van der Waals surface area (Å²) in [6, 6.07) is 1.61. The Hall–Kier alpha value is -2.60. The van der Waals surface area contributed by atoms with Gasteiger partial charge in [-0.2, -0.15) is 0 Å². The zero-order chi connectivity index (χ0) is 22.7. The lowest BCUT2D eigenvalue weighted by atomic mass is 10.2. The Morgan fingerprint density at radius 2 is 1.75 bits per heavy atom. The van der Waals surface area contributed by atoms with Gasteiger partial charge in [0.05, 0.1) is 41.8 Å². The van der Waals surface area contributed by atoms with Gasteiger partial charge in [0.15, 0.2) is 10.3 Å². The first kappa shape index (κ1) is 22.6. The van der Waals surface area contributed by atoms with Crippen LogP contribution in [0.3, 0.4) is 0 Å². The van der Waals surface area contributed by atoms with Crippen LogP contribution in [0.4, 0.5) is 10.3 Å². The van der Waals surface area contributed by atoms with Crippen molar-refractivity contribution in [1.29, 1.82) is 0 Å². The Morgan fingerprint density at radius 3 is 2.44 bits per heavy atom. The number of hydrogen-bond acceptors (Lipinski definition) is 9. The van der Waals surface area contributed by atoms with Crippen molar-refractivity contribution in [3.63, 3.8) is 0 Å². The molecule has 0 saturated carbocycles. The van der Waals surface area contributed by atoms with Gasteiger partial charge < -0.3 is 14.5 Å². The predicted molar refractivity (Wildman–Crippen MR) is 123 cm³/mol. The Balaban J connectivity index is 1.27. The SMILES string of the molecule is Cc1occc1C(=O)Nc1nc(CC(=O)Nc2nc(CN3CC(C)OC(C)C3)cs2)cs1. The van der Waals surface area contributed by atoms with E-state index >= 15 is 0 Å². The molecule has 1 saturated heterocycles. The van der Waals surface area contributed by atoms with Gasteiger partial charge in [0.25, 0.3) is 5.91 Å². The molecule has 4 heterocycles. The molecule has 1 aliphatic rings. The minimum Gasteiger partial charge on any atom is -0.469 e. The highest BCUT2D eigenvalue weighted by molar-refractivity contribution is 7.14. The molecule has 2 N–H and O–H groups in total. The number of amides is 2. The summed E-state index contributed by atoms with van der Waals surface area (Å²) >= 11 is 2.68. The summed E-state index contributed by atoms with van der Waals surface area (Å²) in [6.07, 6.45) is 1.97. The number of aryl methyl sites for hydroxylation is 1. The van der Waals surface area contributed by atoms with Crippen molar-refractivity contribution in [2.75, 3.05) is 23.7 Å². The van der Waals surface area contributed by atoms with Crippen LogP contribution in [0.5, 0.6) is 0 Å². The van der Waals surface area contributed by atoms with E-state index < -0.39 is 0 Å². The second kappa shape index (κ2) is 9.90. The first-order valence-electron chi connectivity index (χ1n) is 10.3. The molecule has 1 fully saturated rings. The summed E-state index contributed by atoms with van der Waals surface area (Å²) in [5.74, 6) is 0.0495. The molecular formula is C21H25N5O4S2. The summed E-state index contributed by atoms with van der Waals surface area (Å²) in [4.78, 5) is 35.9. The average molecular weight is 476 g/mol. The number of furan rings is 1. The highest BCUT2D eigenvalue weighted by atomic mass is 32.1. The molecule has 9 nitrogen and oxygen atoms in total. The fourth-order valence-electron chi connectivity index (χ4n) is 3.64. The molecule has 0 radical (unpaired) electrons. The van der Waals surface area contributed by atoms with Crippen LogP contribution in [-0.2, 0) is 22.5 Å². The summed E-state index contributed by atoms with van der Waals surface area (Å²) in [6.45, 7) is 8.33. The molecule has 2 unspecified atom stereocenters. The van der Waals surface area contributed by atoms with Crippen molar-refractivity contribution in [3.8, 4) is 0 Å². The van der Waals surface area contributed by atoms with E-state index in [0.29, 0.717) is 27.3 Å². The lowest BCUT2D eigenvalue weighted by Gasteiger charge is -2.34. The normalized spacial score (nSPS) is 19.1. The number of rotatable bonds is 7. The lowest BCUT2D eigenvalue weighted by Crippen LogP contribution is -2.44. The zero-order valence-electron chi connectivity index (χ0n) is 18.1. The number of anilines is 2. The van der Waals surface area contributed by atoms with Gasteiger partial charge in [-0.15, -0.1) is 22.7 Å². The van der Waals surface area contributed by atoms with Crippen molar-refractivity contribution in [3.05, 3.63) is 45.8 Å². The number of hydrogen-bond donors (Lipinski definition) is 2. The van der Waals surface area contributed by atoms with E-state index in [1.165, 1.54) is 28.9 Å². The molecule has 170 valence electrons. The van der Waals surface area contributed by atoms with Crippen molar-refractivity contribution in [2.45, 2.75) is 45.9 Å². The Kier molecular flexibility index (Phi) is 6.99. The van der Waals surface area contributed by atoms with Gasteiger partial charge in [0, 0.05) is 30.4 Å². The van der Waals surface area contributed by atoms with Gasteiger partial charge in [0.1, 0.15) is 5.76 Å². The maximum atomic E-state index is 12.4. The quantitative estimate of drug-likeness (QED) is 0.538. The van der Waals surface area contributed by atoms with Gasteiger partial charge in [-0.3, -0.25) is 19.8 Å². The second-order valence-corrected chi connectivity index (χ2v) is 9.53. The number of nitrogens with one attached hydrogen (secondary N) is 2. The lowest BCUT2D eigenvalue weighted by molar-refractivity contribution is -0.115. The highest BCUT2D eigenvalue weighted by Gasteiger charge is 2.23. The minimum atomic E-state index is -0.291. The third kappa shape index (κ3) is 5.80. The Labute approximate surface area is 193 Å². The van der Waals surface area contributed by atoms with Crippen LogP contribution in [0.1, 0.15) is 41.4 Å². The molecule has 4 rings (SSSR count). The zero-order valence-corrected chi connectivity index (χ0v) is 19.7. The average Bonchev–Trinajstić information content (AvgIpc) is 3.43. The minimum absolute atomic E-state index is 0.102. The molecule has 3 aromatic heterocycles. The van der Waals surface area contributed by atoms with E-state index in [1.54, 1.807) is 18.4 Å². The van der Waals surface area contributed by atoms with Crippen LogP contribution < -0.4 is 10.6 Å². The number of carbonyl (C=O) groups excluding carboxylic acids is 2. The van der Waals surface area contributed by atoms with Crippen LogP contribution in [0.25, 0.3) is 0 Å². The Bertz CT molecular complexity index is 1080. The smallest absolute Gasteiger partial charge is 0.260 e. The van der Waals surface area contributed by atoms with Crippen LogP contribution >= 0.6 is 22.7 Å². The maximum Gasteiger partial charge on any atom is 0.260 e. The topological polar surface area (TPSA) is 110 Å². The van der Waals surface area contributed by atoms with Crippen molar-refractivity contribution in [1.82, 2.24) is 14.9 Å². The molecule has 1 aliphatic heterocycles. The fraction of sp³-hybridized carbons (Fsp3) is 0.429. The number of ether oxygens (including phenoxy) is 1. The molecule has 0 spiro atoms. The van der Waals surface area contributed by atoms with Crippen molar-refractivity contribution >= 4 is 44.8 Å². The number of aromatic nitrogens is 2. The van der Waals surface area contributed by atoms with Gasteiger partial charge in [-0.05, 0) is 26.8 Å².